The Kier molecular flexibility index (Phi) is 6.18. The van der Waals surface area contributed by atoms with Crippen molar-refractivity contribution in [1.82, 2.24) is 0 Å². The zero-order valence-corrected chi connectivity index (χ0v) is 15.2. The Balaban J connectivity index is 1.56. The molecule has 3 aromatic rings. The monoisotopic (exact) mass is 376 g/mol. The molecule has 0 amide bonds. The number of esters is 1. The van der Waals surface area contributed by atoms with Crippen molar-refractivity contribution in [3.05, 3.63) is 101 Å². The van der Waals surface area contributed by atoms with Crippen molar-refractivity contribution < 1.29 is 14.3 Å². The fourth-order valence-corrected chi connectivity index (χ4v) is 2.71. The van der Waals surface area contributed by atoms with Crippen molar-refractivity contribution >= 4 is 29.4 Å². The fourth-order valence-electron chi connectivity index (χ4n) is 2.52. The Bertz CT molecular complexity index is 960. The lowest BCUT2D eigenvalue weighted by molar-refractivity contribution is -0.136. The van der Waals surface area contributed by atoms with Crippen LogP contribution in [-0.4, -0.2) is 18.4 Å². The second-order valence-corrected chi connectivity index (χ2v) is 6.24. The second kappa shape index (κ2) is 8.97. The molecule has 0 N–H and O–H groups in total. The number of ketones is 1. The summed E-state index contributed by atoms with van der Waals surface area (Å²) in [6.45, 7) is -0.309. The van der Waals surface area contributed by atoms with E-state index in [0.29, 0.717) is 16.1 Å². The van der Waals surface area contributed by atoms with Gasteiger partial charge in [-0.2, -0.15) is 0 Å². The maximum atomic E-state index is 12.2. The third-order valence-electron chi connectivity index (χ3n) is 3.96. The molecule has 0 saturated heterocycles. The normalized spacial score (nSPS) is 10.7. The summed E-state index contributed by atoms with van der Waals surface area (Å²) < 4.78 is 5.02. The van der Waals surface area contributed by atoms with Crippen molar-refractivity contribution in [2.75, 3.05) is 6.61 Å². The van der Waals surface area contributed by atoms with Crippen LogP contribution in [0.2, 0.25) is 5.02 Å². The molecule has 0 atom stereocenters. The third kappa shape index (κ3) is 5.16. The van der Waals surface area contributed by atoms with E-state index < -0.39 is 5.97 Å². The Morgan fingerprint density at radius 1 is 0.815 bits per heavy atom. The van der Waals surface area contributed by atoms with E-state index in [1.165, 1.54) is 6.08 Å². The minimum Gasteiger partial charge on any atom is -0.454 e. The highest BCUT2D eigenvalue weighted by molar-refractivity contribution is 6.32. The van der Waals surface area contributed by atoms with E-state index in [0.717, 1.165) is 11.1 Å². The summed E-state index contributed by atoms with van der Waals surface area (Å²) in [5, 5.41) is 0.538. The van der Waals surface area contributed by atoms with Gasteiger partial charge in [0.25, 0.3) is 0 Å². The van der Waals surface area contributed by atoms with Crippen LogP contribution in [0.25, 0.3) is 17.2 Å². The van der Waals surface area contributed by atoms with Crippen molar-refractivity contribution in [2.45, 2.75) is 0 Å². The summed E-state index contributed by atoms with van der Waals surface area (Å²) in [6.07, 6.45) is 2.82. The molecule has 3 nitrogen and oxygen atoms in total. The van der Waals surface area contributed by atoms with Gasteiger partial charge in [0, 0.05) is 16.7 Å². The molecule has 27 heavy (non-hydrogen) atoms. The molecule has 0 bridgehead atoms. The summed E-state index contributed by atoms with van der Waals surface area (Å²) in [4.78, 5) is 24.0. The first kappa shape index (κ1) is 18.6. The topological polar surface area (TPSA) is 43.4 Å². The summed E-state index contributed by atoms with van der Waals surface area (Å²) in [5.74, 6) is -0.849. The SMILES string of the molecule is O=C(C=Cc1ccccc1Cl)OCC(=O)c1ccc(-c2ccccc2)cc1. The van der Waals surface area contributed by atoms with Gasteiger partial charge in [-0.15, -0.1) is 0 Å². The Morgan fingerprint density at radius 3 is 2.15 bits per heavy atom. The molecular weight excluding hydrogens is 360 g/mol. The molecule has 0 aliphatic carbocycles. The van der Waals surface area contributed by atoms with Gasteiger partial charge in [-0.1, -0.05) is 84.4 Å². The lowest BCUT2D eigenvalue weighted by atomic mass is 10.0. The molecule has 0 aliphatic heterocycles. The summed E-state index contributed by atoms with van der Waals surface area (Å²) in [7, 11) is 0. The fraction of sp³-hybridized carbons (Fsp3) is 0.0435. The molecule has 0 aromatic heterocycles. The predicted octanol–water partition coefficient (Wildman–Crippen LogP) is 5.45. The third-order valence-corrected chi connectivity index (χ3v) is 4.31. The van der Waals surface area contributed by atoms with Gasteiger partial charge in [0.2, 0.25) is 0 Å². The number of hydrogen-bond donors (Lipinski definition) is 0. The van der Waals surface area contributed by atoms with Gasteiger partial charge in [0.15, 0.2) is 12.4 Å². The summed E-state index contributed by atoms with van der Waals surface area (Å²) in [6, 6.07) is 24.2. The van der Waals surface area contributed by atoms with Crippen LogP contribution in [-0.2, 0) is 9.53 Å². The first-order valence-corrected chi connectivity index (χ1v) is 8.79. The highest BCUT2D eigenvalue weighted by Gasteiger charge is 2.09. The second-order valence-electron chi connectivity index (χ2n) is 5.83. The maximum absolute atomic E-state index is 12.2. The maximum Gasteiger partial charge on any atom is 0.331 e. The van der Waals surface area contributed by atoms with Gasteiger partial charge in [-0.25, -0.2) is 4.79 Å². The molecular formula is C23H17ClO3. The van der Waals surface area contributed by atoms with Gasteiger partial charge >= 0.3 is 5.97 Å². The van der Waals surface area contributed by atoms with Crippen molar-refractivity contribution in [1.29, 1.82) is 0 Å². The number of hydrogen-bond acceptors (Lipinski definition) is 3. The minimum absolute atomic E-state index is 0.255. The molecule has 3 rings (SSSR count). The van der Waals surface area contributed by atoms with E-state index in [2.05, 4.69) is 0 Å². The van der Waals surface area contributed by atoms with Gasteiger partial charge < -0.3 is 4.74 Å². The number of halogens is 1. The Morgan fingerprint density at radius 2 is 1.44 bits per heavy atom. The van der Waals surface area contributed by atoms with Crippen molar-refractivity contribution in [3.8, 4) is 11.1 Å². The van der Waals surface area contributed by atoms with Crippen molar-refractivity contribution in [3.63, 3.8) is 0 Å². The number of carbonyl (C=O) groups excluding carboxylic acids is 2. The van der Waals surface area contributed by atoms with E-state index in [-0.39, 0.29) is 12.4 Å². The highest BCUT2D eigenvalue weighted by Crippen LogP contribution is 2.19. The molecule has 0 unspecified atom stereocenters. The molecule has 0 heterocycles. The lowest BCUT2D eigenvalue weighted by Gasteiger charge is -2.05. The van der Waals surface area contributed by atoms with E-state index in [1.54, 1.807) is 36.4 Å². The van der Waals surface area contributed by atoms with E-state index >= 15 is 0 Å². The lowest BCUT2D eigenvalue weighted by Crippen LogP contribution is -2.12. The van der Waals surface area contributed by atoms with Crippen LogP contribution in [0.15, 0.2) is 84.9 Å². The minimum atomic E-state index is -0.593. The molecule has 0 fully saturated rings. The van der Waals surface area contributed by atoms with Crippen LogP contribution >= 0.6 is 11.6 Å². The van der Waals surface area contributed by atoms with Crippen LogP contribution in [0.1, 0.15) is 15.9 Å². The summed E-state index contributed by atoms with van der Waals surface area (Å²) >= 11 is 6.01. The van der Waals surface area contributed by atoms with Gasteiger partial charge in [-0.3, -0.25) is 4.79 Å². The zero-order valence-electron chi connectivity index (χ0n) is 14.5. The molecule has 0 aliphatic rings. The number of rotatable bonds is 6. The number of benzene rings is 3. The Labute approximate surface area is 162 Å². The molecule has 134 valence electrons. The van der Waals surface area contributed by atoms with E-state index in [4.69, 9.17) is 16.3 Å². The number of ether oxygens (including phenoxy) is 1. The standard InChI is InChI=1S/C23H17ClO3/c24-21-9-5-4-8-19(21)14-15-23(26)27-16-22(25)20-12-10-18(11-13-20)17-6-2-1-3-7-17/h1-15H,16H2. The van der Waals surface area contributed by atoms with Gasteiger partial charge in [0.1, 0.15) is 0 Å². The van der Waals surface area contributed by atoms with Crippen LogP contribution < -0.4 is 0 Å². The first-order chi connectivity index (χ1) is 13.1. The van der Waals surface area contributed by atoms with E-state index in [9.17, 15) is 9.59 Å². The van der Waals surface area contributed by atoms with E-state index in [1.807, 2.05) is 48.5 Å². The number of carbonyl (C=O) groups is 2. The van der Waals surface area contributed by atoms with Crippen LogP contribution in [0.4, 0.5) is 0 Å². The average molecular weight is 377 g/mol. The largest absolute Gasteiger partial charge is 0.454 e. The first-order valence-electron chi connectivity index (χ1n) is 8.41. The average Bonchev–Trinajstić information content (AvgIpc) is 2.72. The van der Waals surface area contributed by atoms with Gasteiger partial charge in [0.05, 0.1) is 0 Å². The predicted molar refractivity (Wildman–Crippen MR) is 108 cm³/mol. The quantitative estimate of drug-likeness (QED) is 0.326. The molecule has 3 aromatic carbocycles. The Hall–Kier alpha value is -3.17. The van der Waals surface area contributed by atoms with Crippen LogP contribution in [0.3, 0.4) is 0 Å². The molecule has 4 heteroatoms. The van der Waals surface area contributed by atoms with Crippen LogP contribution in [0.5, 0.6) is 0 Å². The zero-order chi connectivity index (χ0) is 19.1. The molecule has 0 radical (unpaired) electrons. The number of Topliss-reactive ketones (excluding diaryl/α,β-unsaturated/α-hetero) is 1. The molecule has 0 spiro atoms. The van der Waals surface area contributed by atoms with Gasteiger partial charge in [-0.05, 0) is 28.8 Å². The smallest absolute Gasteiger partial charge is 0.331 e. The van der Waals surface area contributed by atoms with Crippen LogP contribution in [0, 0.1) is 0 Å². The summed E-state index contributed by atoms with van der Waals surface area (Å²) in [5.41, 5.74) is 3.30. The van der Waals surface area contributed by atoms with Crippen molar-refractivity contribution in [2.24, 2.45) is 0 Å². The molecule has 0 saturated carbocycles. The highest BCUT2D eigenvalue weighted by atomic mass is 35.5.